The summed E-state index contributed by atoms with van der Waals surface area (Å²) in [7, 11) is -3.12. The summed E-state index contributed by atoms with van der Waals surface area (Å²) in [6.45, 7) is 6.29. The highest BCUT2D eigenvalue weighted by Gasteiger charge is 2.36. The quantitative estimate of drug-likeness (QED) is 0.646. The average molecular weight is 412 g/mol. The van der Waals surface area contributed by atoms with Crippen molar-refractivity contribution >= 4 is 26.7 Å². The van der Waals surface area contributed by atoms with E-state index in [-0.39, 0.29) is 23.5 Å². The molecular weight excluding hydrogens is 386 g/mol. The van der Waals surface area contributed by atoms with Gasteiger partial charge in [-0.15, -0.1) is 0 Å². The number of carbonyl (C=O) groups is 1. The maximum atomic E-state index is 13.5. The minimum Gasteiger partial charge on any atom is -0.451 e. The van der Waals surface area contributed by atoms with Crippen LogP contribution < -0.4 is 0 Å². The molecule has 1 saturated heterocycles. The maximum Gasteiger partial charge on any atom is 0.290 e. The van der Waals surface area contributed by atoms with Crippen LogP contribution in [0.3, 0.4) is 0 Å². The number of rotatable bonds is 4. The smallest absolute Gasteiger partial charge is 0.290 e. The summed E-state index contributed by atoms with van der Waals surface area (Å²) in [5, 5.41) is 0.926. The highest BCUT2D eigenvalue weighted by atomic mass is 32.2. The van der Waals surface area contributed by atoms with E-state index >= 15 is 0 Å². The third kappa shape index (κ3) is 3.81. The SMILES string of the molecule is Cc1cc2oc(C(=O)N(Cc3ccccc3)[C@@H]3CCS(=O)(=O)C3)c(C)c2cc1C. The molecule has 29 heavy (non-hydrogen) atoms. The van der Waals surface area contributed by atoms with Gasteiger partial charge in [0, 0.05) is 23.5 Å². The van der Waals surface area contributed by atoms with Crippen LogP contribution in [0.2, 0.25) is 0 Å². The molecule has 0 saturated carbocycles. The zero-order chi connectivity index (χ0) is 20.8. The van der Waals surface area contributed by atoms with Gasteiger partial charge in [0.05, 0.1) is 11.5 Å². The molecule has 1 amide bonds. The highest BCUT2D eigenvalue weighted by Crippen LogP contribution is 2.30. The number of furan rings is 1. The molecule has 1 aliphatic rings. The van der Waals surface area contributed by atoms with Crippen LogP contribution in [0.4, 0.5) is 0 Å². The van der Waals surface area contributed by atoms with Crippen LogP contribution in [0.5, 0.6) is 0 Å². The van der Waals surface area contributed by atoms with E-state index in [4.69, 9.17) is 4.42 Å². The minimum absolute atomic E-state index is 0.00304. The number of benzene rings is 2. The lowest BCUT2D eigenvalue weighted by Crippen LogP contribution is -2.40. The van der Waals surface area contributed by atoms with E-state index in [1.54, 1.807) is 4.90 Å². The van der Waals surface area contributed by atoms with Crippen LogP contribution in [0.1, 0.15) is 39.2 Å². The molecule has 5 nitrogen and oxygen atoms in total. The Labute approximate surface area is 171 Å². The Kier molecular flexibility index (Phi) is 4.99. The van der Waals surface area contributed by atoms with Gasteiger partial charge in [-0.05, 0) is 56.0 Å². The van der Waals surface area contributed by atoms with Gasteiger partial charge in [-0.2, -0.15) is 0 Å². The molecule has 2 heterocycles. The Hall–Kier alpha value is -2.60. The van der Waals surface area contributed by atoms with Crippen molar-refractivity contribution < 1.29 is 17.6 Å². The topological polar surface area (TPSA) is 67.6 Å². The molecule has 0 radical (unpaired) electrons. The van der Waals surface area contributed by atoms with E-state index in [9.17, 15) is 13.2 Å². The first-order valence-corrected chi connectivity index (χ1v) is 11.6. The van der Waals surface area contributed by atoms with Crippen LogP contribution in [0.25, 0.3) is 11.0 Å². The fourth-order valence-electron chi connectivity index (χ4n) is 3.98. The summed E-state index contributed by atoms with van der Waals surface area (Å²) < 4.78 is 30.1. The van der Waals surface area contributed by atoms with Gasteiger partial charge < -0.3 is 9.32 Å². The molecule has 0 spiro atoms. The molecule has 3 aromatic rings. The Morgan fingerprint density at radius 1 is 1.10 bits per heavy atom. The summed E-state index contributed by atoms with van der Waals surface area (Å²) >= 11 is 0. The average Bonchev–Trinajstić information content (AvgIpc) is 3.20. The Bertz CT molecular complexity index is 1180. The van der Waals surface area contributed by atoms with Crippen molar-refractivity contribution in [2.45, 2.75) is 39.8 Å². The summed E-state index contributed by atoms with van der Waals surface area (Å²) in [5.74, 6) is 0.168. The number of nitrogens with zero attached hydrogens (tertiary/aromatic N) is 1. The molecule has 4 rings (SSSR count). The zero-order valence-corrected chi connectivity index (χ0v) is 17.8. The van der Waals surface area contributed by atoms with E-state index in [1.165, 1.54) is 0 Å². The molecule has 1 fully saturated rings. The molecule has 0 unspecified atom stereocenters. The number of amides is 1. The number of carbonyl (C=O) groups excluding carboxylic acids is 1. The van der Waals surface area contributed by atoms with Crippen LogP contribution in [-0.2, 0) is 16.4 Å². The second-order valence-corrected chi connectivity index (χ2v) is 10.2. The first-order valence-electron chi connectivity index (χ1n) is 9.81. The van der Waals surface area contributed by atoms with Gasteiger partial charge in [-0.3, -0.25) is 4.79 Å². The van der Waals surface area contributed by atoms with Crippen molar-refractivity contribution in [2.75, 3.05) is 11.5 Å². The first-order chi connectivity index (χ1) is 13.7. The van der Waals surface area contributed by atoms with Crippen molar-refractivity contribution in [1.29, 1.82) is 0 Å². The van der Waals surface area contributed by atoms with Gasteiger partial charge in [0.1, 0.15) is 5.58 Å². The normalized spacial score (nSPS) is 18.2. The van der Waals surface area contributed by atoms with E-state index < -0.39 is 9.84 Å². The number of fused-ring (bicyclic) bond motifs is 1. The number of sulfone groups is 1. The summed E-state index contributed by atoms with van der Waals surface area (Å²) in [5.41, 5.74) is 4.70. The van der Waals surface area contributed by atoms with Crippen molar-refractivity contribution in [3.8, 4) is 0 Å². The zero-order valence-electron chi connectivity index (χ0n) is 16.9. The first kappa shape index (κ1) is 19.7. The maximum absolute atomic E-state index is 13.5. The molecular formula is C23H25NO4S. The fourth-order valence-corrected chi connectivity index (χ4v) is 5.71. The van der Waals surface area contributed by atoms with Crippen molar-refractivity contribution in [1.82, 2.24) is 4.90 Å². The summed E-state index contributed by atoms with van der Waals surface area (Å²) in [6.07, 6.45) is 0.457. The Morgan fingerprint density at radius 3 is 2.45 bits per heavy atom. The van der Waals surface area contributed by atoms with Crippen LogP contribution in [0.15, 0.2) is 46.9 Å². The molecule has 1 atom stereocenters. The molecule has 2 aromatic carbocycles. The minimum atomic E-state index is -3.12. The summed E-state index contributed by atoms with van der Waals surface area (Å²) in [6, 6.07) is 13.3. The van der Waals surface area contributed by atoms with Crippen LogP contribution in [0, 0.1) is 20.8 Å². The third-order valence-corrected chi connectivity index (χ3v) is 7.60. The predicted octanol–water partition coefficient (Wildman–Crippen LogP) is 4.19. The highest BCUT2D eigenvalue weighted by molar-refractivity contribution is 7.91. The third-order valence-electron chi connectivity index (χ3n) is 5.85. The Balaban J connectivity index is 1.75. The van der Waals surface area contributed by atoms with Crippen molar-refractivity contribution in [2.24, 2.45) is 0 Å². The Morgan fingerprint density at radius 2 is 1.79 bits per heavy atom. The monoisotopic (exact) mass is 411 g/mol. The molecule has 152 valence electrons. The van der Waals surface area contributed by atoms with Crippen LogP contribution >= 0.6 is 0 Å². The molecule has 0 aliphatic carbocycles. The number of hydrogen-bond acceptors (Lipinski definition) is 4. The second-order valence-electron chi connectivity index (χ2n) is 7.96. The van der Waals surface area contributed by atoms with Gasteiger partial charge in [0.15, 0.2) is 15.6 Å². The van der Waals surface area contributed by atoms with E-state index in [1.807, 2.05) is 63.2 Å². The van der Waals surface area contributed by atoms with E-state index in [2.05, 4.69) is 0 Å². The molecule has 0 N–H and O–H groups in total. The predicted molar refractivity (Wildman–Crippen MR) is 114 cm³/mol. The molecule has 1 aromatic heterocycles. The van der Waals surface area contributed by atoms with Crippen LogP contribution in [-0.4, -0.2) is 36.8 Å². The molecule has 0 bridgehead atoms. The summed E-state index contributed by atoms with van der Waals surface area (Å²) in [4.78, 5) is 15.2. The second kappa shape index (κ2) is 7.34. The largest absolute Gasteiger partial charge is 0.451 e. The van der Waals surface area contributed by atoms with Crippen molar-refractivity contribution in [3.05, 3.63) is 70.5 Å². The lowest BCUT2D eigenvalue weighted by Gasteiger charge is -2.28. The van der Waals surface area contributed by atoms with E-state index in [0.29, 0.717) is 24.3 Å². The standard InChI is InChI=1S/C23H25NO4S/c1-15-11-20-17(3)22(28-21(20)12-16(15)2)23(25)24(13-18-7-5-4-6-8-18)19-9-10-29(26,27)14-19/h4-8,11-12,19H,9-10,13-14H2,1-3H3/t19-/m1/s1. The van der Waals surface area contributed by atoms with Crippen molar-refractivity contribution in [3.63, 3.8) is 0 Å². The lowest BCUT2D eigenvalue weighted by molar-refractivity contribution is 0.0649. The van der Waals surface area contributed by atoms with Gasteiger partial charge in [-0.1, -0.05) is 30.3 Å². The fraction of sp³-hybridized carbons (Fsp3) is 0.348. The number of aryl methyl sites for hydroxylation is 3. The van der Waals surface area contributed by atoms with Gasteiger partial charge in [-0.25, -0.2) is 8.42 Å². The lowest BCUT2D eigenvalue weighted by atomic mass is 10.0. The van der Waals surface area contributed by atoms with Gasteiger partial charge in [0.2, 0.25) is 0 Å². The van der Waals surface area contributed by atoms with Gasteiger partial charge in [0.25, 0.3) is 5.91 Å². The molecule has 1 aliphatic heterocycles. The van der Waals surface area contributed by atoms with E-state index in [0.717, 1.165) is 27.6 Å². The molecule has 6 heteroatoms. The number of hydrogen-bond donors (Lipinski definition) is 0. The van der Waals surface area contributed by atoms with Gasteiger partial charge >= 0.3 is 0 Å².